The van der Waals surface area contributed by atoms with Crippen LogP contribution in [0.3, 0.4) is 0 Å². The zero-order valence-electron chi connectivity index (χ0n) is 17.2. The Balaban J connectivity index is 1.45. The SMILES string of the molecule is CN(c1ccc(C(=O)Nc2cnc3cc(C(F)(F)F)ccc3c2)cc1)C1CCCCC1. The molecule has 162 valence electrons. The molecule has 0 aliphatic heterocycles. The molecule has 0 saturated heterocycles. The van der Waals surface area contributed by atoms with Crippen LogP contribution in [-0.4, -0.2) is 24.0 Å². The number of nitrogens with zero attached hydrogens (tertiary/aromatic N) is 2. The number of amides is 1. The average Bonchev–Trinajstić information content (AvgIpc) is 2.78. The van der Waals surface area contributed by atoms with Crippen molar-refractivity contribution in [3.8, 4) is 0 Å². The lowest BCUT2D eigenvalue weighted by Crippen LogP contribution is -2.33. The minimum atomic E-state index is -4.42. The van der Waals surface area contributed by atoms with Crippen LogP contribution in [0, 0.1) is 0 Å². The number of rotatable bonds is 4. The Morgan fingerprint density at radius 3 is 2.42 bits per heavy atom. The summed E-state index contributed by atoms with van der Waals surface area (Å²) in [4.78, 5) is 19.0. The molecule has 0 spiro atoms. The smallest absolute Gasteiger partial charge is 0.372 e. The number of aromatic nitrogens is 1. The summed E-state index contributed by atoms with van der Waals surface area (Å²) in [6.45, 7) is 0. The molecule has 31 heavy (non-hydrogen) atoms. The minimum Gasteiger partial charge on any atom is -0.372 e. The van der Waals surface area contributed by atoms with Crippen molar-refractivity contribution in [2.75, 3.05) is 17.3 Å². The zero-order chi connectivity index (χ0) is 22.0. The van der Waals surface area contributed by atoms with Gasteiger partial charge in [-0.3, -0.25) is 9.78 Å². The quantitative estimate of drug-likeness (QED) is 0.533. The lowest BCUT2D eigenvalue weighted by molar-refractivity contribution is -0.137. The van der Waals surface area contributed by atoms with Crippen LogP contribution in [0.1, 0.15) is 48.0 Å². The number of halogens is 3. The molecule has 0 bridgehead atoms. The van der Waals surface area contributed by atoms with Crippen molar-refractivity contribution in [2.45, 2.75) is 44.3 Å². The van der Waals surface area contributed by atoms with Gasteiger partial charge in [-0.25, -0.2) is 0 Å². The van der Waals surface area contributed by atoms with Crippen LogP contribution in [0.25, 0.3) is 10.9 Å². The van der Waals surface area contributed by atoms with Crippen molar-refractivity contribution in [2.24, 2.45) is 0 Å². The predicted molar refractivity (Wildman–Crippen MR) is 116 cm³/mol. The molecule has 2 aromatic carbocycles. The first kappa shape index (κ1) is 21.2. The van der Waals surface area contributed by atoms with Crippen LogP contribution < -0.4 is 10.2 Å². The molecule has 7 heteroatoms. The molecular formula is C24H24F3N3O. The van der Waals surface area contributed by atoms with E-state index in [1.165, 1.54) is 44.4 Å². The van der Waals surface area contributed by atoms with E-state index in [1.807, 2.05) is 12.1 Å². The average molecular weight is 427 g/mol. The van der Waals surface area contributed by atoms with Crippen molar-refractivity contribution in [1.29, 1.82) is 0 Å². The molecule has 1 aliphatic rings. The third-order valence-electron chi connectivity index (χ3n) is 5.93. The van der Waals surface area contributed by atoms with Crippen LogP contribution in [0.4, 0.5) is 24.5 Å². The van der Waals surface area contributed by atoms with Gasteiger partial charge in [-0.2, -0.15) is 13.2 Å². The topological polar surface area (TPSA) is 45.2 Å². The van der Waals surface area contributed by atoms with E-state index >= 15 is 0 Å². The molecule has 3 aromatic rings. The molecule has 0 atom stereocenters. The molecule has 1 saturated carbocycles. The van der Waals surface area contributed by atoms with Gasteiger partial charge in [0.1, 0.15) is 0 Å². The van der Waals surface area contributed by atoms with E-state index in [1.54, 1.807) is 18.2 Å². The number of carbonyl (C=O) groups excluding carboxylic acids is 1. The summed E-state index contributed by atoms with van der Waals surface area (Å²) in [7, 11) is 2.09. The molecule has 1 aromatic heterocycles. The van der Waals surface area contributed by atoms with Gasteiger partial charge in [0.05, 0.1) is 23.0 Å². The fraction of sp³-hybridized carbons (Fsp3) is 0.333. The van der Waals surface area contributed by atoms with Gasteiger partial charge < -0.3 is 10.2 Å². The van der Waals surface area contributed by atoms with E-state index in [0.717, 1.165) is 17.8 Å². The number of carbonyl (C=O) groups is 1. The zero-order valence-corrected chi connectivity index (χ0v) is 17.2. The van der Waals surface area contributed by atoms with Crippen LogP contribution in [-0.2, 0) is 6.18 Å². The van der Waals surface area contributed by atoms with Crippen LogP contribution in [0.5, 0.6) is 0 Å². The Morgan fingerprint density at radius 1 is 1.03 bits per heavy atom. The summed E-state index contributed by atoms with van der Waals surface area (Å²) in [5.74, 6) is -0.292. The Bertz CT molecular complexity index is 1070. The maximum atomic E-state index is 12.9. The van der Waals surface area contributed by atoms with Crippen molar-refractivity contribution in [1.82, 2.24) is 4.98 Å². The molecule has 1 fully saturated rings. The van der Waals surface area contributed by atoms with E-state index in [4.69, 9.17) is 0 Å². The summed E-state index contributed by atoms with van der Waals surface area (Å²) in [5.41, 5.74) is 1.50. The van der Waals surface area contributed by atoms with Crippen molar-refractivity contribution < 1.29 is 18.0 Å². The standard InChI is InChI=1S/C24H24F3N3O/c1-30(20-5-3-2-4-6-20)21-11-8-16(9-12-21)23(31)29-19-13-17-7-10-18(24(25,26)27)14-22(17)28-15-19/h7-15,20H,2-6H2,1H3,(H,29,31). The van der Waals surface area contributed by atoms with Gasteiger partial charge in [0.15, 0.2) is 0 Å². The van der Waals surface area contributed by atoms with Crippen LogP contribution in [0.15, 0.2) is 54.7 Å². The minimum absolute atomic E-state index is 0.225. The van der Waals surface area contributed by atoms with Gasteiger partial charge in [-0.05, 0) is 55.3 Å². The highest BCUT2D eigenvalue weighted by Crippen LogP contribution is 2.31. The Morgan fingerprint density at radius 2 is 1.74 bits per heavy atom. The van der Waals surface area contributed by atoms with E-state index in [2.05, 4.69) is 22.2 Å². The highest BCUT2D eigenvalue weighted by atomic mass is 19.4. The maximum Gasteiger partial charge on any atom is 0.416 e. The largest absolute Gasteiger partial charge is 0.416 e. The second-order valence-corrected chi connectivity index (χ2v) is 8.03. The third-order valence-corrected chi connectivity index (χ3v) is 5.93. The second kappa shape index (κ2) is 8.57. The van der Waals surface area contributed by atoms with Crippen molar-refractivity contribution in [3.05, 3.63) is 65.9 Å². The number of hydrogen-bond acceptors (Lipinski definition) is 3. The molecule has 1 heterocycles. The van der Waals surface area contributed by atoms with Gasteiger partial charge in [0, 0.05) is 29.7 Å². The number of nitrogens with one attached hydrogen (secondary N) is 1. The first-order valence-corrected chi connectivity index (χ1v) is 10.4. The number of pyridine rings is 1. The summed E-state index contributed by atoms with van der Waals surface area (Å²) < 4.78 is 38.6. The van der Waals surface area contributed by atoms with Gasteiger partial charge in [-0.1, -0.05) is 25.3 Å². The Kier molecular flexibility index (Phi) is 5.85. The predicted octanol–water partition coefficient (Wildman–Crippen LogP) is 6.27. The molecule has 1 amide bonds. The number of alkyl halides is 3. The number of hydrogen-bond donors (Lipinski definition) is 1. The van der Waals surface area contributed by atoms with E-state index in [0.29, 0.717) is 22.7 Å². The lowest BCUT2D eigenvalue weighted by atomic mass is 9.94. The molecule has 1 N–H and O–H groups in total. The highest BCUT2D eigenvalue weighted by molar-refractivity contribution is 6.05. The molecule has 1 aliphatic carbocycles. The summed E-state index contributed by atoms with van der Waals surface area (Å²) >= 11 is 0. The normalized spacial score (nSPS) is 15.1. The Hall–Kier alpha value is -3.09. The number of benzene rings is 2. The molecule has 0 radical (unpaired) electrons. The first-order chi connectivity index (χ1) is 14.8. The summed E-state index contributed by atoms with van der Waals surface area (Å²) in [5, 5.41) is 3.29. The van der Waals surface area contributed by atoms with E-state index < -0.39 is 11.7 Å². The van der Waals surface area contributed by atoms with Crippen LogP contribution in [0.2, 0.25) is 0 Å². The monoisotopic (exact) mass is 427 g/mol. The third kappa shape index (κ3) is 4.81. The van der Waals surface area contributed by atoms with E-state index in [-0.39, 0.29) is 11.4 Å². The van der Waals surface area contributed by atoms with Crippen LogP contribution >= 0.6 is 0 Å². The molecular weight excluding hydrogens is 403 g/mol. The van der Waals surface area contributed by atoms with Crippen molar-refractivity contribution >= 4 is 28.2 Å². The van der Waals surface area contributed by atoms with Crippen molar-refractivity contribution in [3.63, 3.8) is 0 Å². The maximum absolute atomic E-state index is 12.9. The highest BCUT2D eigenvalue weighted by Gasteiger charge is 2.30. The van der Waals surface area contributed by atoms with E-state index in [9.17, 15) is 18.0 Å². The molecule has 0 unspecified atom stereocenters. The first-order valence-electron chi connectivity index (χ1n) is 10.4. The Labute approximate surface area is 179 Å². The second-order valence-electron chi connectivity index (χ2n) is 8.03. The van der Waals surface area contributed by atoms with Gasteiger partial charge >= 0.3 is 6.18 Å². The summed E-state index contributed by atoms with van der Waals surface area (Å²) in [6, 6.07) is 13.0. The number of anilines is 2. The van der Waals surface area contributed by atoms with Gasteiger partial charge in [-0.15, -0.1) is 0 Å². The molecule has 4 rings (SSSR count). The number of fused-ring (bicyclic) bond motifs is 1. The summed E-state index contributed by atoms with van der Waals surface area (Å²) in [6.07, 6.45) is 3.15. The molecule has 4 nitrogen and oxygen atoms in total. The lowest BCUT2D eigenvalue weighted by Gasteiger charge is -2.33. The fourth-order valence-electron chi connectivity index (χ4n) is 4.10. The van der Waals surface area contributed by atoms with Gasteiger partial charge in [0.2, 0.25) is 0 Å². The van der Waals surface area contributed by atoms with Gasteiger partial charge in [0.25, 0.3) is 5.91 Å². The fourth-order valence-corrected chi connectivity index (χ4v) is 4.10.